The van der Waals surface area contributed by atoms with Gasteiger partial charge in [-0.05, 0) is 101 Å². The molecule has 2 amide bonds. The molecule has 3 aromatic heterocycles. The van der Waals surface area contributed by atoms with Crippen molar-refractivity contribution in [1.29, 1.82) is 0 Å². The minimum Gasteiger partial charge on any atom is -0.480 e. The molecule has 1 aliphatic rings. The minimum atomic E-state index is -1.22. The highest BCUT2D eigenvalue weighted by molar-refractivity contribution is 6.63. The van der Waals surface area contributed by atoms with Crippen molar-refractivity contribution in [3.8, 4) is 24.2 Å². The molecule has 25 nitrogen and oxygen atoms in total. The van der Waals surface area contributed by atoms with Gasteiger partial charge in [-0.3, -0.25) is 65.3 Å². The number of carboxylic acids is 1. The number of terminal acetylenes is 1. The monoisotopic (exact) mass is 1440 g/mol. The van der Waals surface area contributed by atoms with E-state index in [0.29, 0.717) is 72.3 Å². The van der Waals surface area contributed by atoms with Crippen molar-refractivity contribution in [1.82, 2.24) is 40.8 Å². The molecule has 29 heteroatoms. The van der Waals surface area contributed by atoms with Crippen LogP contribution < -0.4 is 22.7 Å². The number of benzene rings is 2. The van der Waals surface area contributed by atoms with Gasteiger partial charge in [-0.25, -0.2) is 4.79 Å². The number of ether oxygens (including phenoxy) is 4. The number of aromatic nitrogens is 6. The zero-order valence-corrected chi connectivity index (χ0v) is 61.9. The summed E-state index contributed by atoms with van der Waals surface area (Å²) in [4.78, 5) is 104. The van der Waals surface area contributed by atoms with Gasteiger partial charge in [0.25, 0.3) is 11.8 Å². The third kappa shape index (κ3) is 32.5. The number of hydrogen-bond donors (Lipinski definition) is 8. The summed E-state index contributed by atoms with van der Waals surface area (Å²) < 4.78 is 18.2. The Hall–Kier alpha value is -8.14. The lowest BCUT2D eigenvalue weighted by Gasteiger charge is -2.30. The first-order chi connectivity index (χ1) is 46.0. The van der Waals surface area contributed by atoms with Crippen LogP contribution >= 0.6 is 46.4 Å². The van der Waals surface area contributed by atoms with E-state index in [4.69, 9.17) is 58.6 Å². The van der Waals surface area contributed by atoms with E-state index in [1.165, 1.54) is 28.4 Å². The molecule has 0 aliphatic carbocycles. The van der Waals surface area contributed by atoms with Gasteiger partial charge in [-0.2, -0.15) is 15.3 Å². The number of rotatable bonds is 21. The fraction of sp³-hybridized carbons (Fsp3) is 0.507. The Morgan fingerprint density at radius 1 is 0.633 bits per heavy atom. The van der Waals surface area contributed by atoms with Crippen molar-refractivity contribution in [2.45, 2.75) is 165 Å². The molecule has 5 aromatic rings. The van der Waals surface area contributed by atoms with Crippen molar-refractivity contribution in [2.75, 3.05) is 35.0 Å². The second kappa shape index (κ2) is 47.0. The number of nitrogens with one attached hydrogen (secondary N) is 4. The third-order valence-electron chi connectivity index (χ3n) is 14.1. The summed E-state index contributed by atoms with van der Waals surface area (Å²) in [6.07, 6.45) is 7.28. The summed E-state index contributed by atoms with van der Waals surface area (Å²) in [6.45, 7) is 25.3. The van der Waals surface area contributed by atoms with Crippen molar-refractivity contribution < 1.29 is 67.2 Å². The molecule has 540 valence electrons. The smallest absolute Gasteiger partial charge is 0.326 e. The molecule has 0 unspecified atom stereocenters. The standard InChI is InChI=1S/C26H25Cl3N4O4.C11H18N2O2.C11H16O3.C10H17N3O2.C7H10O2.C4H7ClO.H4N2/c1-13(2)20-10-17(31-32-20)11-21(26(36)37)30-24(34)22-19(28)9-15-12-33(8-7-18(15)23(22)29)25(35)14-3-5-16(27)6-4-14;1-7(2)10-6-9(12-13-10)5-8(3)11(14)15-4;1-8(2)10(12)7-5-6-9(3)11(13)14-4;1-6(2)9-5-7(12-13-9)4-8(11)10(14)15-3;1-4-5-6(2)7(8)9-3;1-3(2)4(5)6;1-2/h3-6,9-10,13,21H,7-8,11-12H2,1-2H3,(H,30,34)(H,31,32)(H,36,37);6-8H,5H2,1-4H3,(H,12,13);8-9H,6H2,1-4H3;5-6,8H,4,11H2,1-3H3,(H,12,13);1,6H,5H2,2-3H3;3H,1-2H3;1-2H2/t21-;8-;9-;8-;6-;;/m00000../s1. The number of carbonyl (C=O) groups excluding carboxylic acids is 8. The number of fused-ring (bicyclic) bond motifs is 1. The molecule has 0 radical (unpaired) electrons. The predicted molar refractivity (Wildman–Crippen MR) is 378 cm³/mol. The number of halogens is 4. The molecular formula is C69H97Cl4N11O14. The van der Waals surface area contributed by atoms with Crippen LogP contribution in [0, 0.1) is 53.8 Å². The first-order valence-electron chi connectivity index (χ1n) is 31.2. The van der Waals surface area contributed by atoms with Gasteiger partial charge < -0.3 is 40.0 Å². The number of esters is 4. The Bertz CT molecular complexity index is 3410. The van der Waals surface area contributed by atoms with Crippen LogP contribution in [0.4, 0.5) is 0 Å². The molecule has 11 N–H and O–H groups in total. The molecule has 1 aliphatic heterocycles. The molecule has 0 fully saturated rings. The Labute approximate surface area is 595 Å². The van der Waals surface area contributed by atoms with Crippen molar-refractivity contribution in [3.63, 3.8) is 0 Å². The average Bonchev–Trinajstić information content (AvgIpc) is 1.04. The molecule has 5 atom stereocenters. The molecule has 6 rings (SSSR count). The SMILES string of the molecule is C#CC[C@H](C)C(=O)OC.CC(C)C(=O)Cl.CC(C)c1cc(C[C@H](NC(=O)c2c(Cl)cc3c(c2Cl)CCN(C(=O)c2ccc(Cl)cc2)C3)C(=O)O)[nH]n1.COC(=O)[C@@H](C)CC#CC(=O)C(C)C.COC(=O)[C@@H](C)Cc1cc(C(C)C)n[nH]1.COC(=O)[C@@H](N)Cc1cc(C(C)C)n[nH]1.NN. The lowest BCUT2D eigenvalue weighted by molar-refractivity contribution is -0.145. The van der Waals surface area contributed by atoms with E-state index in [0.717, 1.165) is 34.0 Å². The van der Waals surface area contributed by atoms with E-state index in [-0.39, 0.29) is 98.9 Å². The van der Waals surface area contributed by atoms with Crippen LogP contribution in [0.3, 0.4) is 0 Å². The van der Waals surface area contributed by atoms with Crippen LogP contribution in [0.2, 0.25) is 15.1 Å². The number of aromatic amines is 3. The van der Waals surface area contributed by atoms with Crippen LogP contribution in [0.5, 0.6) is 0 Å². The van der Waals surface area contributed by atoms with Crippen molar-refractivity contribution >= 4 is 99.1 Å². The number of Topliss-reactive ketones (excluding diaryl/α,β-unsaturated/α-hetero) is 1. The van der Waals surface area contributed by atoms with Gasteiger partial charge in [0.2, 0.25) is 11.0 Å². The highest BCUT2D eigenvalue weighted by atomic mass is 35.5. The van der Waals surface area contributed by atoms with Crippen LogP contribution in [0.1, 0.15) is 187 Å². The Balaban J connectivity index is 0.00000129. The quantitative estimate of drug-likeness (QED) is 0.00644. The molecular weight excluding hydrogens is 1350 g/mol. The van der Waals surface area contributed by atoms with Gasteiger partial charge in [0.15, 0.2) is 0 Å². The highest BCUT2D eigenvalue weighted by Crippen LogP contribution is 2.35. The fourth-order valence-electron chi connectivity index (χ4n) is 8.07. The Kier molecular flexibility index (Phi) is 43.1. The number of carboxylic acid groups (broad SMARTS) is 1. The van der Waals surface area contributed by atoms with Crippen molar-refractivity contribution in [3.05, 3.63) is 120 Å². The number of aliphatic carboxylic acids is 1. The van der Waals surface area contributed by atoms with E-state index < -0.39 is 29.9 Å². The lowest BCUT2D eigenvalue weighted by atomic mass is 9.95. The minimum absolute atomic E-state index is 0.0123. The van der Waals surface area contributed by atoms with Gasteiger partial charge in [-0.15, -0.1) is 12.3 Å². The number of H-pyrrole nitrogens is 3. The Morgan fingerprint density at radius 2 is 1.06 bits per heavy atom. The van der Waals surface area contributed by atoms with Crippen LogP contribution in [-0.4, -0.2) is 140 Å². The molecule has 4 heterocycles. The fourth-order valence-corrected chi connectivity index (χ4v) is 8.96. The summed E-state index contributed by atoms with van der Waals surface area (Å²) in [7, 11) is 5.43. The maximum absolute atomic E-state index is 13.1. The number of ketones is 1. The topological polar surface area (TPSA) is 390 Å². The maximum Gasteiger partial charge on any atom is 0.326 e. The first kappa shape index (κ1) is 89.9. The maximum atomic E-state index is 13.1. The van der Waals surface area contributed by atoms with Gasteiger partial charge in [0.05, 0.1) is 78.9 Å². The van der Waals surface area contributed by atoms with Gasteiger partial charge in [0, 0.05) is 84.7 Å². The first-order valence-corrected chi connectivity index (χ1v) is 32.8. The van der Waals surface area contributed by atoms with Gasteiger partial charge in [0.1, 0.15) is 12.1 Å². The number of nitrogens with zero attached hydrogens (tertiary/aromatic N) is 4. The van der Waals surface area contributed by atoms with E-state index in [1.807, 2.05) is 32.9 Å². The average molecular weight is 1450 g/mol. The molecule has 0 bridgehead atoms. The number of carbonyl (C=O) groups is 9. The normalized spacial score (nSPS) is 12.5. The van der Waals surface area contributed by atoms with Crippen LogP contribution in [-0.2, 0) is 84.7 Å². The number of methoxy groups -OCH3 is 4. The number of hydrazine groups is 1. The zero-order valence-electron chi connectivity index (χ0n) is 58.9. The Morgan fingerprint density at radius 3 is 1.46 bits per heavy atom. The second-order valence-corrected chi connectivity index (χ2v) is 25.5. The van der Waals surface area contributed by atoms with E-state index in [1.54, 1.807) is 82.8 Å². The van der Waals surface area contributed by atoms with Crippen LogP contribution in [0.15, 0.2) is 48.5 Å². The molecule has 0 spiro atoms. The van der Waals surface area contributed by atoms with Crippen LogP contribution in [0.25, 0.3) is 0 Å². The van der Waals surface area contributed by atoms with Crippen molar-refractivity contribution in [2.24, 2.45) is 47.0 Å². The number of hydrogen-bond acceptors (Lipinski definition) is 19. The summed E-state index contributed by atoms with van der Waals surface area (Å²) in [5.41, 5.74) is 12.8. The van der Waals surface area contributed by atoms with Gasteiger partial charge >= 0.3 is 29.8 Å². The highest BCUT2D eigenvalue weighted by Gasteiger charge is 2.30. The summed E-state index contributed by atoms with van der Waals surface area (Å²) in [5, 5.41) is 33.8. The molecule has 0 saturated heterocycles. The van der Waals surface area contributed by atoms with E-state index in [9.17, 15) is 48.3 Å². The van der Waals surface area contributed by atoms with E-state index in [2.05, 4.69) is 112 Å². The summed E-state index contributed by atoms with van der Waals surface area (Å²) >= 11 is 24.0. The second-order valence-electron chi connectivity index (χ2n) is 23.9. The molecule has 98 heavy (non-hydrogen) atoms. The lowest BCUT2D eigenvalue weighted by Crippen LogP contribution is -2.43. The molecule has 0 saturated carbocycles. The summed E-state index contributed by atoms with van der Waals surface area (Å²) in [5.74, 6) is 12.6. The summed E-state index contributed by atoms with van der Waals surface area (Å²) in [6, 6.07) is 12.1. The largest absolute Gasteiger partial charge is 0.480 e. The predicted octanol–water partition coefficient (Wildman–Crippen LogP) is 10.0. The number of amides is 2. The third-order valence-corrected chi connectivity index (χ3v) is 15.5. The molecule has 2 aromatic carbocycles. The van der Waals surface area contributed by atoms with Gasteiger partial charge in [-0.1, -0.05) is 131 Å². The zero-order chi connectivity index (χ0) is 75.3. The van der Waals surface area contributed by atoms with E-state index >= 15 is 0 Å². The number of nitrogens with two attached hydrogens (primary N) is 3.